The van der Waals surface area contributed by atoms with Gasteiger partial charge in [0.05, 0.1) is 19.8 Å². The summed E-state index contributed by atoms with van der Waals surface area (Å²) < 4.78 is 0. The first-order valence-electron chi connectivity index (χ1n) is 8.16. The summed E-state index contributed by atoms with van der Waals surface area (Å²) in [5.41, 5.74) is 0. The van der Waals surface area contributed by atoms with E-state index in [-0.39, 0.29) is 0 Å². The lowest BCUT2D eigenvalue weighted by Gasteiger charge is -2.27. The van der Waals surface area contributed by atoms with E-state index in [0.717, 1.165) is 38.5 Å². The van der Waals surface area contributed by atoms with Gasteiger partial charge in [0.15, 0.2) is 0 Å². The Labute approximate surface area is 128 Å². The molecule has 0 aromatic carbocycles. The molecule has 0 unspecified atom stereocenters. The van der Waals surface area contributed by atoms with E-state index < -0.39 is 5.97 Å². The van der Waals surface area contributed by atoms with E-state index in [4.69, 9.17) is 29.3 Å². The molecule has 0 N–H and O–H groups in total. The summed E-state index contributed by atoms with van der Waals surface area (Å²) in [6, 6.07) is 0. The number of hydrogen-bond donors (Lipinski definition) is 0. The zero-order valence-corrected chi connectivity index (χ0v) is 14.0. The summed E-state index contributed by atoms with van der Waals surface area (Å²) in [6.45, 7) is 9.47. The van der Waals surface area contributed by atoms with Gasteiger partial charge in [-0.1, -0.05) is 47.0 Å². The van der Waals surface area contributed by atoms with Crippen molar-refractivity contribution in [3.63, 3.8) is 0 Å². The Kier molecular flexibility index (Phi) is 14.5. The van der Waals surface area contributed by atoms with E-state index in [1.807, 2.05) is 6.92 Å². The van der Waals surface area contributed by atoms with Crippen LogP contribution in [0.5, 0.6) is 0 Å². The second-order valence-electron chi connectivity index (χ2n) is 4.81. The first-order valence-corrected chi connectivity index (χ1v) is 8.16. The zero-order valence-electron chi connectivity index (χ0n) is 14.0. The zero-order chi connectivity index (χ0) is 15.8. The number of unbranched alkanes of at least 4 members (excludes halogenated alkanes) is 3. The highest BCUT2D eigenvalue weighted by molar-refractivity contribution is 4.46. The van der Waals surface area contributed by atoms with Crippen molar-refractivity contribution in [3.8, 4) is 0 Å². The first kappa shape index (κ1) is 20.8. The molecule has 128 valence electrons. The van der Waals surface area contributed by atoms with Crippen molar-refractivity contribution >= 4 is 0 Å². The number of rotatable bonds is 16. The average Bonchev–Trinajstić information content (AvgIpc) is 2.51. The van der Waals surface area contributed by atoms with Crippen LogP contribution in [0.15, 0.2) is 0 Å². The molecular formula is C15H32O6. The van der Waals surface area contributed by atoms with Crippen LogP contribution < -0.4 is 0 Å². The van der Waals surface area contributed by atoms with Crippen LogP contribution in [0.3, 0.4) is 0 Å². The molecule has 0 saturated heterocycles. The molecule has 0 radical (unpaired) electrons. The SMILES string of the molecule is CCCCOOC(CC)(OOCCCC)OOCCCC. The van der Waals surface area contributed by atoms with Gasteiger partial charge < -0.3 is 0 Å². The first-order chi connectivity index (χ1) is 10.2. The molecule has 0 aromatic heterocycles. The average molecular weight is 308 g/mol. The molecule has 0 atom stereocenters. The van der Waals surface area contributed by atoms with Crippen LogP contribution in [0.2, 0.25) is 0 Å². The van der Waals surface area contributed by atoms with Crippen LogP contribution in [0, 0.1) is 0 Å². The van der Waals surface area contributed by atoms with Gasteiger partial charge in [0, 0.05) is 6.42 Å². The predicted octanol–water partition coefficient (Wildman–Crippen LogP) is 4.30. The molecule has 6 nitrogen and oxygen atoms in total. The summed E-state index contributed by atoms with van der Waals surface area (Å²) in [4.78, 5) is 31.1. The Morgan fingerprint density at radius 2 is 0.905 bits per heavy atom. The van der Waals surface area contributed by atoms with E-state index in [0.29, 0.717) is 26.2 Å². The molecule has 0 saturated carbocycles. The molecule has 0 fully saturated rings. The summed E-state index contributed by atoms with van der Waals surface area (Å²) in [6.07, 6.45) is 6.11. The van der Waals surface area contributed by atoms with Gasteiger partial charge in [-0.05, 0) is 19.3 Å². The molecule has 0 heterocycles. The predicted molar refractivity (Wildman–Crippen MR) is 78.9 cm³/mol. The van der Waals surface area contributed by atoms with Crippen molar-refractivity contribution in [2.45, 2.75) is 78.6 Å². The lowest BCUT2D eigenvalue weighted by atomic mass is 10.4. The minimum absolute atomic E-state index is 0.372. The third-order valence-corrected chi connectivity index (χ3v) is 2.73. The van der Waals surface area contributed by atoms with E-state index in [1.54, 1.807) is 0 Å². The maximum atomic E-state index is 5.25. The van der Waals surface area contributed by atoms with Crippen LogP contribution in [0.25, 0.3) is 0 Å². The van der Waals surface area contributed by atoms with Crippen molar-refractivity contribution in [2.75, 3.05) is 19.8 Å². The fourth-order valence-electron chi connectivity index (χ4n) is 1.22. The smallest absolute Gasteiger partial charge is 0.231 e. The Morgan fingerprint density at radius 3 is 1.14 bits per heavy atom. The molecule has 0 rings (SSSR count). The minimum atomic E-state index is -1.48. The molecule has 0 spiro atoms. The van der Waals surface area contributed by atoms with Crippen molar-refractivity contribution in [2.24, 2.45) is 0 Å². The van der Waals surface area contributed by atoms with Crippen LogP contribution in [-0.2, 0) is 29.3 Å². The van der Waals surface area contributed by atoms with Crippen LogP contribution >= 0.6 is 0 Å². The molecule has 0 amide bonds. The second kappa shape index (κ2) is 14.7. The molecule has 0 aliphatic heterocycles. The largest absolute Gasteiger partial charge is 0.365 e. The maximum Gasteiger partial charge on any atom is 0.365 e. The van der Waals surface area contributed by atoms with Crippen LogP contribution in [0.4, 0.5) is 0 Å². The highest BCUT2D eigenvalue weighted by Gasteiger charge is 2.37. The van der Waals surface area contributed by atoms with E-state index in [1.165, 1.54) is 0 Å². The fourth-order valence-corrected chi connectivity index (χ4v) is 1.22. The van der Waals surface area contributed by atoms with Crippen molar-refractivity contribution in [3.05, 3.63) is 0 Å². The molecule has 0 bridgehead atoms. The Morgan fingerprint density at radius 1 is 0.571 bits per heavy atom. The summed E-state index contributed by atoms with van der Waals surface area (Å²) in [5, 5.41) is 0. The maximum absolute atomic E-state index is 5.25. The standard InChI is InChI=1S/C15H32O6/c1-5-9-12-16-19-15(8-4,20-17-13-10-6-2)21-18-14-11-7-3/h5-14H2,1-4H3. The van der Waals surface area contributed by atoms with Gasteiger partial charge in [0.25, 0.3) is 0 Å². The lowest BCUT2D eigenvalue weighted by Crippen LogP contribution is -2.39. The molecule has 21 heavy (non-hydrogen) atoms. The van der Waals surface area contributed by atoms with Gasteiger partial charge in [-0.25, -0.2) is 14.7 Å². The Hall–Kier alpha value is -0.240. The lowest BCUT2D eigenvalue weighted by molar-refractivity contribution is -0.632. The van der Waals surface area contributed by atoms with Crippen molar-refractivity contribution < 1.29 is 29.3 Å². The highest BCUT2D eigenvalue weighted by Crippen LogP contribution is 2.22. The van der Waals surface area contributed by atoms with Gasteiger partial charge in [-0.3, -0.25) is 0 Å². The molecule has 0 aromatic rings. The third kappa shape index (κ3) is 11.0. The van der Waals surface area contributed by atoms with Gasteiger partial charge in [-0.15, -0.1) is 0 Å². The molecule has 0 aliphatic rings. The molecule has 6 heteroatoms. The normalized spacial score (nSPS) is 12.0. The second-order valence-corrected chi connectivity index (χ2v) is 4.81. The van der Waals surface area contributed by atoms with E-state index in [9.17, 15) is 0 Å². The minimum Gasteiger partial charge on any atom is -0.231 e. The molecular weight excluding hydrogens is 276 g/mol. The summed E-state index contributed by atoms with van der Waals surface area (Å²) in [5.74, 6) is -1.48. The van der Waals surface area contributed by atoms with E-state index >= 15 is 0 Å². The van der Waals surface area contributed by atoms with Crippen LogP contribution in [0.1, 0.15) is 72.6 Å². The number of hydrogen-bond acceptors (Lipinski definition) is 6. The van der Waals surface area contributed by atoms with Gasteiger partial charge >= 0.3 is 5.97 Å². The van der Waals surface area contributed by atoms with Crippen LogP contribution in [-0.4, -0.2) is 25.8 Å². The molecule has 0 aliphatic carbocycles. The topological polar surface area (TPSA) is 55.4 Å². The Bertz CT molecular complexity index is 181. The quantitative estimate of drug-likeness (QED) is 0.183. The van der Waals surface area contributed by atoms with Gasteiger partial charge in [0.1, 0.15) is 0 Å². The fraction of sp³-hybridized carbons (Fsp3) is 1.00. The Balaban J connectivity index is 4.22. The highest BCUT2D eigenvalue weighted by atomic mass is 17.4. The van der Waals surface area contributed by atoms with Gasteiger partial charge in [-0.2, -0.15) is 14.7 Å². The summed E-state index contributed by atoms with van der Waals surface area (Å²) >= 11 is 0. The van der Waals surface area contributed by atoms with E-state index in [2.05, 4.69) is 20.8 Å². The monoisotopic (exact) mass is 308 g/mol. The van der Waals surface area contributed by atoms with Crippen molar-refractivity contribution in [1.29, 1.82) is 0 Å². The van der Waals surface area contributed by atoms with Crippen molar-refractivity contribution in [1.82, 2.24) is 0 Å². The third-order valence-electron chi connectivity index (χ3n) is 2.73. The van der Waals surface area contributed by atoms with Gasteiger partial charge in [0.2, 0.25) is 0 Å². The summed E-state index contributed by atoms with van der Waals surface area (Å²) in [7, 11) is 0.